The largest absolute Gasteiger partial charge is 0.269 e. The number of rotatable bonds is 4. The number of hydrogen-bond acceptors (Lipinski definition) is 2. The van der Waals surface area contributed by atoms with Crippen LogP contribution in [0.15, 0.2) is 36.1 Å². The van der Waals surface area contributed by atoms with E-state index < -0.39 is 0 Å². The molecule has 1 rings (SSSR count). The monoisotopic (exact) mass is 200 g/mol. The lowest BCUT2D eigenvalue weighted by molar-refractivity contribution is 0.907. The lowest BCUT2D eigenvalue weighted by Gasteiger charge is -1.96. The minimum Gasteiger partial charge on any atom is -0.269 e. The van der Waals surface area contributed by atoms with Crippen molar-refractivity contribution in [3.05, 3.63) is 42.4 Å². The smallest absolute Gasteiger partial charge is 0.0717 e. The number of aromatic nitrogens is 1. The van der Waals surface area contributed by atoms with E-state index in [0.29, 0.717) is 5.92 Å². The zero-order valence-corrected chi connectivity index (χ0v) is 9.22. The van der Waals surface area contributed by atoms with E-state index in [0.717, 1.165) is 11.3 Å². The summed E-state index contributed by atoms with van der Waals surface area (Å²) in [6.45, 7) is 7.92. The molecule has 0 fully saturated rings. The van der Waals surface area contributed by atoms with Crippen LogP contribution in [0.1, 0.15) is 25.1 Å². The molecule has 2 nitrogen and oxygen atoms in total. The predicted molar refractivity (Wildman–Crippen MR) is 66.7 cm³/mol. The molecule has 0 aromatic carbocycles. The molecule has 0 bridgehead atoms. The van der Waals surface area contributed by atoms with Crippen molar-refractivity contribution in [3.63, 3.8) is 0 Å². The van der Waals surface area contributed by atoms with Gasteiger partial charge in [0.1, 0.15) is 0 Å². The molecule has 0 aliphatic carbocycles. The van der Waals surface area contributed by atoms with E-state index >= 15 is 0 Å². The molecule has 1 aromatic rings. The third-order valence-electron chi connectivity index (χ3n) is 1.79. The normalized spacial score (nSPS) is 11.7. The second-order valence-electron chi connectivity index (χ2n) is 3.54. The Hall–Kier alpha value is -1.70. The van der Waals surface area contributed by atoms with Crippen LogP contribution < -0.4 is 0 Å². The third-order valence-corrected chi connectivity index (χ3v) is 1.79. The number of hydrogen-bond donors (Lipinski definition) is 0. The van der Waals surface area contributed by atoms with E-state index in [1.807, 2.05) is 24.4 Å². The van der Waals surface area contributed by atoms with Crippen molar-refractivity contribution in [1.29, 1.82) is 0 Å². The fourth-order valence-corrected chi connectivity index (χ4v) is 1.08. The first kappa shape index (κ1) is 11.4. The van der Waals surface area contributed by atoms with Gasteiger partial charge in [-0.25, -0.2) is 0 Å². The van der Waals surface area contributed by atoms with Gasteiger partial charge < -0.3 is 0 Å². The molecule has 15 heavy (non-hydrogen) atoms. The van der Waals surface area contributed by atoms with E-state index in [-0.39, 0.29) is 0 Å². The average Bonchev–Trinajstić information content (AvgIpc) is 2.24. The van der Waals surface area contributed by atoms with Gasteiger partial charge in [-0.2, -0.15) is 0 Å². The van der Waals surface area contributed by atoms with E-state index in [4.69, 9.17) is 0 Å². The maximum Gasteiger partial charge on any atom is 0.0717 e. The molecule has 1 heterocycles. The van der Waals surface area contributed by atoms with Crippen LogP contribution in [0.3, 0.4) is 0 Å². The molecular formula is C13H16N2. The van der Waals surface area contributed by atoms with Gasteiger partial charge in [-0.3, -0.25) is 9.98 Å². The SMILES string of the molecule is C=Cc1cccnc1/C=C\N=CC(C)C. The summed E-state index contributed by atoms with van der Waals surface area (Å²) < 4.78 is 0. The maximum atomic E-state index is 4.23. The topological polar surface area (TPSA) is 25.2 Å². The first-order chi connectivity index (χ1) is 7.24. The summed E-state index contributed by atoms with van der Waals surface area (Å²) in [5.74, 6) is 0.470. The highest BCUT2D eigenvalue weighted by molar-refractivity contribution is 5.64. The van der Waals surface area contributed by atoms with Gasteiger partial charge in [0.25, 0.3) is 0 Å². The molecular weight excluding hydrogens is 184 g/mol. The number of nitrogens with zero attached hydrogens (tertiary/aromatic N) is 2. The van der Waals surface area contributed by atoms with E-state index in [1.54, 1.807) is 18.5 Å². The van der Waals surface area contributed by atoms with Gasteiger partial charge in [0.2, 0.25) is 0 Å². The molecule has 0 spiro atoms. The van der Waals surface area contributed by atoms with Crippen LogP contribution in [0.2, 0.25) is 0 Å². The molecule has 0 unspecified atom stereocenters. The van der Waals surface area contributed by atoms with Gasteiger partial charge in [-0.05, 0) is 23.6 Å². The minimum atomic E-state index is 0.470. The molecule has 2 heteroatoms. The average molecular weight is 200 g/mol. The fourth-order valence-electron chi connectivity index (χ4n) is 1.08. The summed E-state index contributed by atoms with van der Waals surface area (Å²) in [6.07, 6.45) is 9.09. The molecule has 0 radical (unpaired) electrons. The second-order valence-corrected chi connectivity index (χ2v) is 3.54. The van der Waals surface area contributed by atoms with E-state index in [1.165, 1.54) is 0 Å². The summed E-state index contributed by atoms with van der Waals surface area (Å²) >= 11 is 0. The Labute approximate surface area is 91.1 Å². The van der Waals surface area contributed by atoms with Crippen molar-refractivity contribution in [2.45, 2.75) is 13.8 Å². The Balaban J connectivity index is 2.76. The van der Waals surface area contributed by atoms with Crippen molar-refractivity contribution >= 4 is 18.4 Å². The lowest BCUT2D eigenvalue weighted by atomic mass is 10.2. The summed E-state index contributed by atoms with van der Waals surface area (Å²) in [7, 11) is 0. The van der Waals surface area contributed by atoms with Gasteiger partial charge in [0.15, 0.2) is 0 Å². The summed E-state index contributed by atoms with van der Waals surface area (Å²) in [4.78, 5) is 8.40. The Bertz CT molecular complexity index is 376. The Morgan fingerprint density at radius 2 is 2.27 bits per heavy atom. The molecule has 0 saturated carbocycles. The van der Waals surface area contributed by atoms with E-state index in [9.17, 15) is 0 Å². The Morgan fingerprint density at radius 3 is 2.93 bits per heavy atom. The van der Waals surface area contributed by atoms with Crippen LogP contribution >= 0.6 is 0 Å². The van der Waals surface area contributed by atoms with Gasteiger partial charge in [0.05, 0.1) is 5.69 Å². The lowest BCUT2D eigenvalue weighted by Crippen LogP contribution is -1.86. The molecule has 0 atom stereocenters. The zero-order chi connectivity index (χ0) is 11.1. The van der Waals surface area contributed by atoms with Crippen molar-refractivity contribution in [2.24, 2.45) is 10.9 Å². The highest BCUT2D eigenvalue weighted by atomic mass is 14.7. The molecule has 78 valence electrons. The fraction of sp³-hybridized carbons (Fsp3) is 0.231. The van der Waals surface area contributed by atoms with Gasteiger partial charge in [0, 0.05) is 18.6 Å². The minimum absolute atomic E-state index is 0.470. The third kappa shape index (κ3) is 3.90. The quantitative estimate of drug-likeness (QED) is 0.683. The van der Waals surface area contributed by atoms with Crippen molar-refractivity contribution in [3.8, 4) is 0 Å². The number of aliphatic imine (C=N–C) groups is 1. The molecule has 0 N–H and O–H groups in total. The molecule has 0 aliphatic rings. The first-order valence-electron chi connectivity index (χ1n) is 5.01. The molecule has 0 aliphatic heterocycles. The van der Waals surface area contributed by atoms with Gasteiger partial charge in [-0.15, -0.1) is 0 Å². The zero-order valence-electron chi connectivity index (χ0n) is 9.22. The molecule has 0 saturated heterocycles. The van der Waals surface area contributed by atoms with Gasteiger partial charge >= 0.3 is 0 Å². The van der Waals surface area contributed by atoms with Crippen LogP contribution in [-0.4, -0.2) is 11.2 Å². The maximum absolute atomic E-state index is 4.23. The van der Waals surface area contributed by atoms with Gasteiger partial charge in [-0.1, -0.05) is 32.6 Å². The standard InChI is InChI=1S/C13H16N2/c1-4-12-6-5-8-15-13(12)7-9-14-10-11(2)3/h4-11H,1H2,2-3H3/b9-7-,14-10?. The molecule has 0 amide bonds. The summed E-state index contributed by atoms with van der Waals surface area (Å²) in [6, 6.07) is 3.87. The van der Waals surface area contributed by atoms with E-state index in [2.05, 4.69) is 30.4 Å². The van der Waals surface area contributed by atoms with Crippen LogP contribution in [0.4, 0.5) is 0 Å². The summed E-state index contributed by atoms with van der Waals surface area (Å²) in [5, 5.41) is 0. The second kappa shape index (κ2) is 5.91. The van der Waals surface area contributed by atoms with Crippen LogP contribution in [-0.2, 0) is 0 Å². The predicted octanol–water partition coefficient (Wildman–Crippen LogP) is 3.42. The first-order valence-corrected chi connectivity index (χ1v) is 5.01. The highest BCUT2D eigenvalue weighted by Gasteiger charge is 1.93. The van der Waals surface area contributed by atoms with Crippen LogP contribution in [0, 0.1) is 5.92 Å². The Kier molecular flexibility index (Phi) is 4.48. The van der Waals surface area contributed by atoms with Crippen molar-refractivity contribution in [2.75, 3.05) is 0 Å². The van der Waals surface area contributed by atoms with Crippen LogP contribution in [0.5, 0.6) is 0 Å². The highest BCUT2D eigenvalue weighted by Crippen LogP contribution is 2.08. The van der Waals surface area contributed by atoms with Crippen molar-refractivity contribution < 1.29 is 0 Å². The van der Waals surface area contributed by atoms with Crippen LogP contribution in [0.25, 0.3) is 12.2 Å². The molecule has 1 aromatic heterocycles. The number of pyridine rings is 1. The Morgan fingerprint density at radius 1 is 1.47 bits per heavy atom. The van der Waals surface area contributed by atoms with Crippen molar-refractivity contribution in [1.82, 2.24) is 4.98 Å². The summed E-state index contributed by atoms with van der Waals surface area (Å²) in [5.41, 5.74) is 1.92.